The SMILES string of the molecule is CC(O)c1nc2cc(N)ccc2n1CCCOCC1CC1. The number of fused-ring (bicyclic) bond motifs is 1. The summed E-state index contributed by atoms with van der Waals surface area (Å²) in [5.41, 5.74) is 8.35. The van der Waals surface area contributed by atoms with Crippen molar-refractivity contribution in [2.75, 3.05) is 18.9 Å². The second-order valence-electron chi connectivity index (χ2n) is 5.92. The van der Waals surface area contributed by atoms with Gasteiger partial charge >= 0.3 is 0 Å². The van der Waals surface area contributed by atoms with Crippen LogP contribution in [0.3, 0.4) is 0 Å². The smallest absolute Gasteiger partial charge is 0.138 e. The lowest BCUT2D eigenvalue weighted by molar-refractivity contribution is 0.118. The zero-order valence-corrected chi connectivity index (χ0v) is 12.5. The van der Waals surface area contributed by atoms with Crippen molar-refractivity contribution in [3.05, 3.63) is 24.0 Å². The normalized spacial score (nSPS) is 16.5. The van der Waals surface area contributed by atoms with E-state index in [9.17, 15) is 5.11 Å². The molecule has 0 aliphatic heterocycles. The molecule has 5 nitrogen and oxygen atoms in total. The number of hydrogen-bond acceptors (Lipinski definition) is 4. The highest BCUT2D eigenvalue weighted by Crippen LogP contribution is 2.29. The minimum Gasteiger partial charge on any atom is -0.399 e. The monoisotopic (exact) mass is 289 g/mol. The minimum atomic E-state index is -0.592. The Labute approximate surface area is 124 Å². The summed E-state index contributed by atoms with van der Waals surface area (Å²) >= 11 is 0. The van der Waals surface area contributed by atoms with E-state index in [1.54, 1.807) is 6.92 Å². The number of benzene rings is 1. The van der Waals surface area contributed by atoms with Crippen LogP contribution in [0.25, 0.3) is 11.0 Å². The van der Waals surface area contributed by atoms with Crippen LogP contribution < -0.4 is 5.73 Å². The van der Waals surface area contributed by atoms with Crippen LogP contribution in [0, 0.1) is 5.92 Å². The van der Waals surface area contributed by atoms with Crippen LogP contribution in [0.4, 0.5) is 5.69 Å². The average Bonchev–Trinajstić information content (AvgIpc) is 3.19. The first-order chi connectivity index (χ1) is 10.1. The average molecular weight is 289 g/mol. The second kappa shape index (κ2) is 6.03. The first-order valence-corrected chi connectivity index (χ1v) is 7.66. The Morgan fingerprint density at radius 2 is 2.29 bits per heavy atom. The van der Waals surface area contributed by atoms with Gasteiger partial charge in [-0.05, 0) is 50.3 Å². The van der Waals surface area contributed by atoms with E-state index in [0.717, 1.165) is 43.1 Å². The van der Waals surface area contributed by atoms with Gasteiger partial charge in [-0.1, -0.05) is 0 Å². The van der Waals surface area contributed by atoms with Crippen LogP contribution in [0.5, 0.6) is 0 Å². The molecule has 0 saturated heterocycles. The Morgan fingerprint density at radius 3 is 3.00 bits per heavy atom. The molecule has 3 rings (SSSR count). The largest absolute Gasteiger partial charge is 0.399 e. The number of anilines is 1. The number of nitrogens with two attached hydrogens (primary N) is 1. The third-order valence-electron chi connectivity index (χ3n) is 3.90. The van der Waals surface area contributed by atoms with E-state index in [1.807, 2.05) is 18.2 Å². The van der Waals surface area contributed by atoms with E-state index in [2.05, 4.69) is 9.55 Å². The van der Waals surface area contributed by atoms with Gasteiger partial charge in [0.05, 0.1) is 11.0 Å². The van der Waals surface area contributed by atoms with Gasteiger partial charge in [0, 0.05) is 25.4 Å². The van der Waals surface area contributed by atoms with Crippen molar-refractivity contribution in [1.29, 1.82) is 0 Å². The Hall–Kier alpha value is -1.59. The molecule has 0 spiro atoms. The molecule has 1 heterocycles. The first-order valence-electron chi connectivity index (χ1n) is 7.66. The van der Waals surface area contributed by atoms with Gasteiger partial charge in [-0.3, -0.25) is 0 Å². The summed E-state index contributed by atoms with van der Waals surface area (Å²) in [5.74, 6) is 1.49. The van der Waals surface area contributed by atoms with Crippen LogP contribution in [-0.2, 0) is 11.3 Å². The van der Waals surface area contributed by atoms with E-state index in [0.29, 0.717) is 11.5 Å². The van der Waals surface area contributed by atoms with Crippen LogP contribution in [0.1, 0.15) is 38.1 Å². The second-order valence-corrected chi connectivity index (χ2v) is 5.92. The fourth-order valence-electron chi connectivity index (χ4n) is 2.58. The number of imidazole rings is 1. The summed E-state index contributed by atoms with van der Waals surface area (Å²) in [5, 5.41) is 9.91. The van der Waals surface area contributed by atoms with Crippen molar-refractivity contribution in [3.8, 4) is 0 Å². The zero-order valence-electron chi connectivity index (χ0n) is 12.5. The number of rotatable bonds is 7. The Bertz CT molecular complexity index is 617. The molecule has 1 aromatic heterocycles. The van der Waals surface area contributed by atoms with Gasteiger partial charge in [0.1, 0.15) is 11.9 Å². The highest BCUT2D eigenvalue weighted by atomic mass is 16.5. The standard InChI is InChI=1S/C16H23N3O2/c1-11(20)16-18-14-9-13(17)5-6-15(14)19(16)7-2-8-21-10-12-3-4-12/h5-6,9,11-12,20H,2-4,7-8,10,17H2,1H3. The van der Waals surface area contributed by atoms with Gasteiger partial charge < -0.3 is 20.1 Å². The Morgan fingerprint density at radius 1 is 1.48 bits per heavy atom. The molecule has 2 aromatic rings. The maximum Gasteiger partial charge on any atom is 0.138 e. The van der Waals surface area contributed by atoms with E-state index in [-0.39, 0.29) is 0 Å². The molecule has 1 unspecified atom stereocenters. The van der Waals surface area contributed by atoms with Crippen LogP contribution in [0.15, 0.2) is 18.2 Å². The number of hydrogen-bond donors (Lipinski definition) is 2. The topological polar surface area (TPSA) is 73.3 Å². The van der Waals surface area contributed by atoms with Crippen molar-refractivity contribution >= 4 is 16.7 Å². The molecule has 1 aliphatic carbocycles. The fourth-order valence-corrected chi connectivity index (χ4v) is 2.58. The van der Waals surface area contributed by atoms with Crippen LogP contribution in [-0.4, -0.2) is 27.9 Å². The lowest BCUT2D eigenvalue weighted by atomic mass is 10.3. The van der Waals surface area contributed by atoms with Crippen LogP contribution in [0.2, 0.25) is 0 Å². The summed E-state index contributed by atoms with van der Waals surface area (Å²) in [6.45, 7) is 4.19. The Kier molecular flexibility index (Phi) is 4.12. The lowest BCUT2D eigenvalue weighted by Gasteiger charge is -2.11. The number of aliphatic hydroxyl groups is 1. The van der Waals surface area contributed by atoms with E-state index >= 15 is 0 Å². The molecule has 21 heavy (non-hydrogen) atoms. The fraction of sp³-hybridized carbons (Fsp3) is 0.562. The highest BCUT2D eigenvalue weighted by Gasteiger charge is 2.21. The number of nitrogen functional groups attached to an aromatic ring is 1. The molecule has 0 radical (unpaired) electrons. The van der Waals surface area contributed by atoms with Crippen molar-refractivity contribution in [1.82, 2.24) is 9.55 Å². The quantitative estimate of drug-likeness (QED) is 0.606. The summed E-state index contributed by atoms with van der Waals surface area (Å²) in [6.07, 6.45) is 2.97. The molecule has 0 amide bonds. The van der Waals surface area contributed by atoms with Crippen LogP contribution >= 0.6 is 0 Å². The minimum absolute atomic E-state index is 0.592. The van der Waals surface area contributed by atoms with Crippen molar-refractivity contribution in [3.63, 3.8) is 0 Å². The molecule has 1 atom stereocenters. The molecule has 1 aliphatic rings. The molecular formula is C16H23N3O2. The predicted molar refractivity (Wildman–Crippen MR) is 82.9 cm³/mol. The van der Waals surface area contributed by atoms with Gasteiger partial charge in [-0.2, -0.15) is 0 Å². The Balaban J connectivity index is 1.70. The van der Waals surface area contributed by atoms with Crippen molar-refractivity contribution < 1.29 is 9.84 Å². The number of nitrogens with zero attached hydrogens (tertiary/aromatic N) is 2. The van der Waals surface area contributed by atoms with Gasteiger partial charge in [-0.25, -0.2) is 4.98 Å². The van der Waals surface area contributed by atoms with Gasteiger partial charge in [-0.15, -0.1) is 0 Å². The molecule has 0 bridgehead atoms. The van der Waals surface area contributed by atoms with Gasteiger partial charge in [0.25, 0.3) is 0 Å². The van der Waals surface area contributed by atoms with Gasteiger partial charge in [0.15, 0.2) is 0 Å². The van der Waals surface area contributed by atoms with Crippen molar-refractivity contribution in [2.24, 2.45) is 5.92 Å². The first kappa shape index (κ1) is 14.4. The number of aryl methyl sites for hydroxylation is 1. The number of ether oxygens (including phenoxy) is 1. The highest BCUT2D eigenvalue weighted by molar-refractivity contribution is 5.79. The summed E-state index contributed by atoms with van der Waals surface area (Å²) in [7, 11) is 0. The van der Waals surface area contributed by atoms with Gasteiger partial charge in [0.2, 0.25) is 0 Å². The summed E-state index contributed by atoms with van der Waals surface area (Å²) < 4.78 is 7.74. The summed E-state index contributed by atoms with van der Waals surface area (Å²) in [4.78, 5) is 4.50. The molecule has 114 valence electrons. The predicted octanol–water partition coefficient (Wildman–Crippen LogP) is 2.49. The zero-order chi connectivity index (χ0) is 14.8. The molecule has 1 fully saturated rings. The van der Waals surface area contributed by atoms with Crippen molar-refractivity contribution in [2.45, 2.75) is 38.8 Å². The molecule has 5 heteroatoms. The molecule has 1 saturated carbocycles. The number of aromatic nitrogens is 2. The van der Waals surface area contributed by atoms with E-state index in [1.165, 1.54) is 12.8 Å². The third-order valence-corrected chi connectivity index (χ3v) is 3.90. The van der Waals surface area contributed by atoms with E-state index in [4.69, 9.17) is 10.5 Å². The maximum atomic E-state index is 9.91. The third kappa shape index (κ3) is 3.36. The maximum absolute atomic E-state index is 9.91. The summed E-state index contributed by atoms with van der Waals surface area (Å²) in [6, 6.07) is 5.69. The molecule has 1 aromatic carbocycles. The number of aliphatic hydroxyl groups excluding tert-OH is 1. The van der Waals surface area contributed by atoms with E-state index < -0.39 is 6.10 Å². The molecule has 3 N–H and O–H groups in total. The lowest BCUT2D eigenvalue weighted by Crippen LogP contribution is -2.09. The molecular weight excluding hydrogens is 266 g/mol.